The smallest absolute Gasteiger partial charge is 0.311 e. The van der Waals surface area contributed by atoms with Crippen LogP contribution in [0, 0.1) is 17.8 Å². The maximum absolute atomic E-state index is 12.5. The van der Waals surface area contributed by atoms with Gasteiger partial charge >= 0.3 is 5.97 Å². The van der Waals surface area contributed by atoms with E-state index in [1.54, 1.807) is 24.3 Å². The molecule has 1 aliphatic heterocycles. The second kappa shape index (κ2) is 9.41. The predicted molar refractivity (Wildman–Crippen MR) is 112 cm³/mol. The van der Waals surface area contributed by atoms with Gasteiger partial charge in [-0.15, -0.1) is 0 Å². The van der Waals surface area contributed by atoms with E-state index in [0.29, 0.717) is 29.6 Å². The van der Waals surface area contributed by atoms with E-state index < -0.39 is 24.4 Å². The third-order valence-electron chi connectivity index (χ3n) is 6.45. The normalized spacial score (nSPS) is 26.4. The van der Waals surface area contributed by atoms with Gasteiger partial charge in [0.2, 0.25) is 5.91 Å². The van der Waals surface area contributed by atoms with Crippen molar-refractivity contribution in [2.45, 2.75) is 52.5 Å². The first kappa shape index (κ1) is 22.0. The van der Waals surface area contributed by atoms with Gasteiger partial charge in [0.25, 0.3) is 5.91 Å². The lowest BCUT2D eigenvalue weighted by Crippen LogP contribution is -2.45. The van der Waals surface area contributed by atoms with Gasteiger partial charge in [-0.05, 0) is 37.3 Å². The van der Waals surface area contributed by atoms with Crippen LogP contribution in [0.15, 0.2) is 24.3 Å². The molecule has 7 nitrogen and oxygen atoms in total. The minimum atomic E-state index is -0.532. The van der Waals surface area contributed by atoms with Gasteiger partial charge in [0.1, 0.15) is 0 Å². The van der Waals surface area contributed by atoms with Crippen LogP contribution < -0.4 is 5.32 Å². The zero-order valence-corrected chi connectivity index (χ0v) is 17.8. The van der Waals surface area contributed by atoms with Crippen molar-refractivity contribution in [1.29, 1.82) is 0 Å². The Morgan fingerprint density at radius 3 is 2.70 bits per heavy atom. The Balaban J connectivity index is 1.50. The summed E-state index contributed by atoms with van der Waals surface area (Å²) in [6, 6.07) is 6.74. The summed E-state index contributed by atoms with van der Waals surface area (Å²) in [5, 5.41) is 2.62. The van der Waals surface area contributed by atoms with Gasteiger partial charge in [-0.3, -0.25) is 19.2 Å². The molecule has 1 N–H and O–H groups in total. The number of hydrogen-bond donors (Lipinski definition) is 1. The average molecular weight is 415 g/mol. The van der Waals surface area contributed by atoms with E-state index in [9.17, 15) is 19.2 Å². The van der Waals surface area contributed by atoms with Crippen LogP contribution in [0.1, 0.15) is 56.8 Å². The molecule has 3 rings (SSSR count). The number of amides is 2. The van der Waals surface area contributed by atoms with Crippen molar-refractivity contribution in [2.75, 3.05) is 18.5 Å². The van der Waals surface area contributed by atoms with E-state index >= 15 is 0 Å². The zero-order valence-electron chi connectivity index (χ0n) is 17.8. The number of carbonyl (C=O) groups excluding carboxylic acids is 4. The van der Waals surface area contributed by atoms with E-state index in [1.165, 1.54) is 13.3 Å². The van der Waals surface area contributed by atoms with Crippen LogP contribution >= 0.6 is 0 Å². The van der Waals surface area contributed by atoms with E-state index in [1.807, 2.05) is 4.90 Å². The Morgan fingerprint density at radius 1 is 1.20 bits per heavy atom. The Morgan fingerprint density at radius 2 is 1.97 bits per heavy atom. The van der Waals surface area contributed by atoms with Crippen molar-refractivity contribution in [2.24, 2.45) is 17.8 Å². The number of rotatable bonds is 6. The molecule has 0 spiro atoms. The number of ketones is 1. The van der Waals surface area contributed by atoms with Crippen LogP contribution in [0.2, 0.25) is 0 Å². The summed E-state index contributed by atoms with van der Waals surface area (Å²) in [5.41, 5.74) is 0.951. The zero-order chi connectivity index (χ0) is 21.8. The summed E-state index contributed by atoms with van der Waals surface area (Å²) in [6.45, 7) is 5.78. The van der Waals surface area contributed by atoms with Crippen LogP contribution in [0.25, 0.3) is 0 Å². The van der Waals surface area contributed by atoms with Crippen molar-refractivity contribution in [1.82, 2.24) is 4.90 Å². The van der Waals surface area contributed by atoms with E-state index in [-0.39, 0.29) is 24.2 Å². The Hall–Kier alpha value is -2.70. The Kier molecular flexibility index (Phi) is 6.90. The SMILES string of the molecule is CC(=O)c1cccc(NC(=O)COC(=O)[C@@H]2CC(=O)N([C@@H]3CCC[C@H](C)[C@H]3C)C2)c1. The topological polar surface area (TPSA) is 92.8 Å². The van der Waals surface area contributed by atoms with Crippen LogP contribution in [0.4, 0.5) is 5.69 Å². The summed E-state index contributed by atoms with van der Waals surface area (Å²) >= 11 is 0. The van der Waals surface area contributed by atoms with Crippen molar-refractivity contribution < 1.29 is 23.9 Å². The van der Waals surface area contributed by atoms with Gasteiger partial charge in [0.15, 0.2) is 12.4 Å². The van der Waals surface area contributed by atoms with Crippen LogP contribution in [-0.2, 0) is 19.1 Å². The molecule has 1 aromatic carbocycles. The van der Waals surface area contributed by atoms with Crippen molar-refractivity contribution in [3.63, 3.8) is 0 Å². The van der Waals surface area contributed by atoms with E-state index in [4.69, 9.17) is 4.74 Å². The molecule has 1 heterocycles. The average Bonchev–Trinajstić information content (AvgIpc) is 3.10. The van der Waals surface area contributed by atoms with Crippen molar-refractivity contribution >= 4 is 29.3 Å². The van der Waals surface area contributed by atoms with Gasteiger partial charge in [-0.2, -0.15) is 0 Å². The largest absolute Gasteiger partial charge is 0.455 e. The third kappa shape index (κ3) is 5.07. The first-order valence-corrected chi connectivity index (χ1v) is 10.6. The molecule has 0 bridgehead atoms. The minimum Gasteiger partial charge on any atom is -0.455 e. The lowest BCUT2D eigenvalue weighted by Gasteiger charge is -2.39. The fourth-order valence-corrected chi connectivity index (χ4v) is 4.47. The molecule has 0 aromatic heterocycles. The fraction of sp³-hybridized carbons (Fsp3) is 0.565. The lowest BCUT2D eigenvalue weighted by atomic mass is 9.77. The summed E-state index contributed by atoms with van der Waals surface area (Å²) in [7, 11) is 0. The number of carbonyl (C=O) groups is 4. The van der Waals surface area contributed by atoms with E-state index in [0.717, 1.165) is 12.8 Å². The van der Waals surface area contributed by atoms with Gasteiger partial charge in [-0.25, -0.2) is 0 Å². The Labute approximate surface area is 177 Å². The molecule has 1 aromatic rings. The standard InChI is InChI=1S/C23H30N2O5/c1-14-6-4-9-20(15(14)2)25-12-18(11-22(25)28)23(29)30-13-21(27)24-19-8-5-7-17(10-19)16(3)26/h5,7-8,10,14-15,18,20H,4,6,9,11-13H2,1-3H3,(H,24,27)/t14-,15+,18+,20+/m0/s1. The number of likely N-dealkylation sites (tertiary alicyclic amines) is 1. The number of anilines is 1. The number of ether oxygens (including phenoxy) is 1. The molecule has 162 valence electrons. The highest BCUT2D eigenvalue weighted by molar-refractivity contribution is 5.97. The molecule has 1 aliphatic carbocycles. The first-order valence-electron chi connectivity index (χ1n) is 10.6. The molecule has 30 heavy (non-hydrogen) atoms. The number of nitrogens with zero attached hydrogens (tertiary/aromatic N) is 1. The molecular weight excluding hydrogens is 384 g/mol. The molecule has 0 radical (unpaired) electrons. The molecule has 2 fully saturated rings. The summed E-state index contributed by atoms with van der Waals surface area (Å²) in [6.07, 6.45) is 3.38. The number of hydrogen-bond acceptors (Lipinski definition) is 5. The maximum atomic E-state index is 12.5. The van der Waals surface area contributed by atoms with Gasteiger partial charge in [0.05, 0.1) is 5.92 Å². The summed E-state index contributed by atoms with van der Waals surface area (Å²) in [5.74, 6) is -0.671. The number of Topliss-reactive ketones (excluding diaryl/α,β-unsaturated/α-hetero) is 1. The first-order chi connectivity index (χ1) is 14.3. The van der Waals surface area contributed by atoms with Gasteiger partial charge in [0, 0.05) is 30.3 Å². The molecule has 2 amide bonds. The highest BCUT2D eigenvalue weighted by Gasteiger charge is 2.42. The lowest BCUT2D eigenvalue weighted by molar-refractivity contribution is -0.151. The number of benzene rings is 1. The third-order valence-corrected chi connectivity index (χ3v) is 6.45. The monoisotopic (exact) mass is 414 g/mol. The quantitative estimate of drug-likeness (QED) is 0.570. The molecule has 2 aliphatic rings. The van der Waals surface area contributed by atoms with Gasteiger partial charge < -0.3 is 15.0 Å². The Bertz CT molecular complexity index is 837. The van der Waals surface area contributed by atoms with Gasteiger partial charge in [-0.1, -0.05) is 38.8 Å². The van der Waals surface area contributed by atoms with Crippen LogP contribution in [0.3, 0.4) is 0 Å². The second-order valence-electron chi connectivity index (χ2n) is 8.57. The van der Waals surface area contributed by atoms with Crippen LogP contribution in [-0.4, -0.2) is 47.7 Å². The fourth-order valence-electron chi connectivity index (χ4n) is 4.47. The van der Waals surface area contributed by atoms with Crippen LogP contribution in [0.5, 0.6) is 0 Å². The predicted octanol–water partition coefficient (Wildman–Crippen LogP) is 3.04. The highest BCUT2D eigenvalue weighted by Crippen LogP contribution is 2.35. The second-order valence-corrected chi connectivity index (χ2v) is 8.57. The van der Waals surface area contributed by atoms with Crippen molar-refractivity contribution in [3.05, 3.63) is 29.8 Å². The number of esters is 1. The number of nitrogens with one attached hydrogen (secondary N) is 1. The van der Waals surface area contributed by atoms with E-state index in [2.05, 4.69) is 19.2 Å². The van der Waals surface area contributed by atoms with Crippen molar-refractivity contribution in [3.8, 4) is 0 Å². The molecule has 7 heteroatoms. The summed E-state index contributed by atoms with van der Waals surface area (Å²) < 4.78 is 5.17. The molecule has 0 unspecified atom stereocenters. The highest BCUT2D eigenvalue weighted by atomic mass is 16.5. The minimum absolute atomic E-state index is 0.00611. The molecule has 1 saturated heterocycles. The molecular formula is C23H30N2O5. The summed E-state index contributed by atoms with van der Waals surface area (Å²) in [4.78, 5) is 50.4. The molecule has 4 atom stereocenters. The molecule has 1 saturated carbocycles. The maximum Gasteiger partial charge on any atom is 0.311 e.